The van der Waals surface area contributed by atoms with Crippen LogP contribution in [0, 0.1) is 0 Å². The summed E-state index contributed by atoms with van der Waals surface area (Å²) in [6.07, 6.45) is 1.68. The SMILES string of the molecule is CCNC(=NCc1ccccc1OC(C)(C)C)NCc1c(CC)noc1CC. The molecule has 0 spiro atoms. The maximum Gasteiger partial charge on any atom is 0.191 e. The van der Waals surface area contributed by atoms with Gasteiger partial charge in [0.1, 0.15) is 17.1 Å². The topological polar surface area (TPSA) is 71.7 Å². The lowest BCUT2D eigenvalue weighted by Gasteiger charge is -2.23. The van der Waals surface area contributed by atoms with Gasteiger partial charge in [-0.05, 0) is 40.2 Å². The molecule has 0 unspecified atom stereocenters. The number of hydrogen-bond donors (Lipinski definition) is 2. The number of aryl methyl sites for hydroxylation is 2. The number of benzene rings is 1. The van der Waals surface area contributed by atoms with Crippen LogP contribution in [0.5, 0.6) is 5.75 Å². The lowest BCUT2D eigenvalue weighted by Crippen LogP contribution is -2.37. The molecule has 0 bridgehead atoms. The van der Waals surface area contributed by atoms with E-state index in [1.807, 2.05) is 39.0 Å². The number of nitrogens with one attached hydrogen (secondary N) is 2. The second-order valence-electron chi connectivity index (χ2n) is 7.61. The molecule has 0 radical (unpaired) electrons. The smallest absolute Gasteiger partial charge is 0.191 e. The van der Waals surface area contributed by atoms with Crippen LogP contribution in [0.4, 0.5) is 0 Å². The summed E-state index contributed by atoms with van der Waals surface area (Å²) in [6, 6.07) is 8.05. The third-order valence-electron chi connectivity index (χ3n) is 4.18. The fourth-order valence-electron chi connectivity index (χ4n) is 2.88. The Labute approximate surface area is 168 Å². The fourth-order valence-corrected chi connectivity index (χ4v) is 2.88. The molecule has 0 aliphatic carbocycles. The quantitative estimate of drug-likeness (QED) is 0.525. The molecule has 2 N–H and O–H groups in total. The van der Waals surface area contributed by atoms with E-state index in [1.165, 1.54) is 0 Å². The van der Waals surface area contributed by atoms with Crippen LogP contribution in [0.15, 0.2) is 33.8 Å². The zero-order chi connectivity index (χ0) is 20.6. The van der Waals surface area contributed by atoms with E-state index in [9.17, 15) is 0 Å². The van der Waals surface area contributed by atoms with Crippen LogP contribution in [0.1, 0.15) is 64.1 Å². The Balaban J connectivity index is 2.13. The van der Waals surface area contributed by atoms with E-state index < -0.39 is 0 Å². The lowest BCUT2D eigenvalue weighted by molar-refractivity contribution is 0.129. The van der Waals surface area contributed by atoms with Crippen LogP contribution in [0.25, 0.3) is 0 Å². The van der Waals surface area contributed by atoms with Gasteiger partial charge in [-0.1, -0.05) is 37.2 Å². The molecular weight excluding hydrogens is 352 g/mol. The largest absolute Gasteiger partial charge is 0.488 e. The molecule has 0 saturated carbocycles. The summed E-state index contributed by atoms with van der Waals surface area (Å²) in [5, 5.41) is 10.9. The lowest BCUT2D eigenvalue weighted by atomic mass is 10.1. The first kappa shape index (κ1) is 21.8. The summed E-state index contributed by atoms with van der Waals surface area (Å²) >= 11 is 0. The molecule has 0 aliphatic rings. The standard InChI is InChI=1S/C22H34N4O2/c1-7-18-17(19(8-2)28-26-18)15-25-21(23-9-3)24-14-16-12-10-11-13-20(16)27-22(4,5)6/h10-13H,7-9,14-15H2,1-6H3,(H2,23,24,25). The molecule has 0 amide bonds. The van der Waals surface area contributed by atoms with E-state index in [0.717, 1.165) is 53.7 Å². The highest BCUT2D eigenvalue weighted by atomic mass is 16.5. The van der Waals surface area contributed by atoms with Crippen molar-refractivity contribution in [2.24, 2.45) is 4.99 Å². The predicted octanol–water partition coefficient (Wildman–Crippen LogP) is 4.23. The molecule has 6 heteroatoms. The van der Waals surface area contributed by atoms with E-state index >= 15 is 0 Å². The zero-order valence-corrected chi connectivity index (χ0v) is 18.1. The minimum absolute atomic E-state index is 0.246. The summed E-state index contributed by atoms with van der Waals surface area (Å²) in [6.45, 7) is 14.3. The van der Waals surface area contributed by atoms with E-state index in [4.69, 9.17) is 14.3 Å². The molecule has 0 aliphatic heterocycles. The Kier molecular flexibility index (Phi) is 7.91. The van der Waals surface area contributed by atoms with Crippen molar-refractivity contribution in [1.82, 2.24) is 15.8 Å². The first-order valence-corrected chi connectivity index (χ1v) is 10.1. The van der Waals surface area contributed by atoms with Crippen molar-refractivity contribution in [1.29, 1.82) is 0 Å². The second kappa shape index (κ2) is 10.2. The van der Waals surface area contributed by atoms with E-state index in [1.54, 1.807) is 0 Å². The van der Waals surface area contributed by atoms with E-state index in [0.29, 0.717) is 13.1 Å². The molecule has 28 heavy (non-hydrogen) atoms. The molecule has 1 aromatic heterocycles. The number of para-hydroxylation sites is 1. The molecule has 154 valence electrons. The van der Waals surface area contributed by atoms with Gasteiger partial charge in [0, 0.05) is 30.6 Å². The molecule has 6 nitrogen and oxygen atoms in total. The van der Waals surface area contributed by atoms with Crippen molar-refractivity contribution in [2.75, 3.05) is 6.54 Å². The van der Waals surface area contributed by atoms with Crippen LogP contribution in [-0.4, -0.2) is 23.3 Å². The highest BCUT2D eigenvalue weighted by Gasteiger charge is 2.15. The molecule has 1 heterocycles. The van der Waals surface area contributed by atoms with Crippen molar-refractivity contribution < 1.29 is 9.26 Å². The van der Waals surface area contributed by atoms with Crippen LogP contribution in [0.3, 0.4) is 0 Å². The predicted molar refractivity (Wildman–Crippen MR) is 114 cm³/mol. The third kappa shape index (κ3) is 6.29. The van der Waals surface area contributed by atoms with E-state index in [2.05, 4.69) is 42.6 Å². The van der Waals surface area contributed by atoms with Gasteiger partial charge in [0.2, 0.25) is 0 Å². The summed E-state index contributed by atoms with van der Waals surface area (Å²) in [4.78, 5) is 4.75. The van der Waals surface area contributed by atoms with Crippen molar-refractivity contribution in [2.45, 2.75) is 73.1 Å². The zero-order valence-electron chi connectivity index (χ0n) is 18.1. The molecule has 0 saturated heterocycles. The number of nitrogens with zero attached hydrogens (tertiary/aromatic N) is 2. The Hall–Kier alpha value is -2.50. The molecule has 2 rings (SSSR count). The Morgan fingerprint density at radius 1 is 1.11 bits per heavy atom. The van der Waals surface area contributed by atoms with Gasteiger partial charge in [0.15, 0.2) is 5.96 Å². The molecule has 2 aromatic rings. The average molecular weight is 387 g/mol. The first-order valence-electron chi connectivity index (χ1n) is 10.1. The summed E-state index contributed by atoms with van der Waals surface area (Å²) in [5.41, 5.74) is 2.95. The minimum atomic E-state index is -0.246. The van der Waals surface area contributed by atoms with Gasteiger partial charge in [-0.2, -0.15) is 0 Å². The number of guanidine groups is 1. The Morgan fingerprint density at radius 3 is 2.50 bits per heavy atom. The summed E-state index contributed by atoms with van der Waals surface area (Å²) in [7, 11) is 0. The number of aromatic nitrogens is 1. The summed E-state index contributed by atoms with van der Waals surface area (Å²) < 4.78 is 11.5. The molecule has 0 fully saturated rings. The van der Waals surface area contributed by atoms with Gasteiger partial charge < -0.3 is 19.9 Å². The number of rotatable bonds is 8. The molecular formula is C22H34N4O2. The third-order valence-corrected chi connectivity index (χ3v) is 4.18. The average Bonchev–Trinajstić information content (AvgIpc) is 3.05. The highest BCUT2D eigenvalue weighted by molar-refractivity contribution is 5.79. The van der Waals surface area contributed by atoms with Crippen molar-refractivity contribution in [3.63, 3.8) is 0 Å². The van der Waals surface area contributed by atoms with Gasteiger partial charge in [0.05, 0.1) is 12.2 Å². The van der Waals surface area contributed by atoms with Crippen molar-refractivity contribution in [3.8, 4) is 5.75 Å². The molecule has 1 aromatic carbocycles. The number of hydrogen-bond acceptors (Lipinski definition) is 4. The molecule has 0 atom stereocenters. The van der Waals surface area contributed by atoms with Crippen molar-refractivity contribution >= 4 is 5.96 Å². The van der Waals surface area contributed by atoms with Crippen LogP contribution >= 0.6 is 0 Å². The van der Waals surface area contributed by atoms with Crippen LogP contribution < -0.4 is 15.4 Å². The maximum absolute atomic E-state index is 6.07. The van der Waals surface area contributed by atoms with Crippen LogP contribution in [0.2, 0.25) is 0 Å². The maximum atomic E-state index is 6.07. The number of aliphatic imine (C=N–C) groups is 1. The van der Waals surface area contributed by atoms with Crippen LogP contribution in [-0.2, 0) is 25.9 Å². The first-order chi connectivity index (χ1) is 13.4. The highest BCUT2D eigenvalue weighted by Crippen LogP contribution is 2.23. The fraction of sp³-hybridized carbons (Fsp3) is 0.545. The van der Waals surface area contributed by atoms with Gasteiger partial charge in [-0.15, -0.1) is 0 Å². The van der Waals surface area contributed by atoms with Crippen molar-refractivity contribution in [3.05, 3.63) is 46.8 Å². The Bertz CT molecular complexity index is 754. The Morgan fingerprint density at radius 2 is 1.86 bits per heavy atom. The monoisotopic (exact) mass is 386 g/mol. The van der Waals surface area contributed by atoms with Gasteiger partial charge >= 0.3 is 0 Å². The minimum Gasteiger partial charge on any atom is -0.488 e. The number of ether oxygens (including phenoxy) is 1. The second-order valence-corrected chi connectivity index (χ2v) is 7.61. The van der Waals surface area contributed by atoms with Gasteiger partial charge in [-0.25, -0.2) is 4.99 Å². The van der Waals surface area contributed by atoms with Gasteiger partial charge in [-0.3, -0.25) is 0 Å². The van der Waals surface area contributed by atoms with E-state index in [-0.39, 0.29) is 5.60 Å². The summed E-state index contributed by atoms with van der Waals surface area (Å²) in [5.74, 6) is 2.57. The normalized spacial score (nSPS) is 12.1. The van der Waals surface area contributed by atoms with Gasteiger partial charge in [0.25, 0.3) is 0 Å².